The first-order valence-electron chi connectivity index (χ1n) is 9.54. The lowest BCUT2D eigenvalue weighted by atomic mass is 9.87. The van der Waals surface area contributed by atoms with Crippen molar-refractivity contribution >= 4 is 9.45 Å². The first-order chi connectivity index (χ1) is 10.6. The predicted octanol–water partition coefficient (Wildman–Crippen LogP) is 4.91. The summed E-state index contributed by atoms with van der Waals surface area (Å²) in [5, 5.41) is 6.00. The zero-order chi connectivity index (χ0) is 16.8. The van der Waals surface area contributed by atoms with Gasteiger partial charge in [-0.25, -0.2) is 0 Å². The average molecular weight is 332 g/mol. The highest BCUT2D eigenvalue weighted by molar-refractivity contribution is 6.40. The van der Waals surface area contributed by atoms with Crippen LogP contribution < -0.4 is 5.40 Å². The van der Waals surface area contributed by atoms with Gasteiger partial charge in [0.15, 0.2) is 0 Å². The Morgan fingerprint density at radius 1 is 0.864 bits per heavy atom. The van der Waals surface area contributed by atoms with Crippen molar-refractivity contribution in [2.24, 2.45) is 17.2 Å². The summed E-state index contributed by atoms with van der Waals surface area (Å²) in [6.07, 6.45) is 13.0. The molecule has 0 aliphatic heterocycles. The molecule has 0 saturated heterocycles. The highest BCUT2D eigenvalue weighted by Gasteiger charge is 2.22. The van der Waals surface area contributed by atoms with Gasteiger partial charge in [-0.15, -0.1) is 0 Å². The Bertz CT molecular complexity index is 223. The quantitative estimate of drug-likeness (QED) is 0.434. The molecule has 0 amide bonds. The molecule has 0 heterocycles. The fourth-order valence-electron chi connectivity index (χ4n) is 3.16. The first kappa shape index (κ1) is 22.1. The molecule has 0 aliphatic rings. The van der Waals surface area contributed by atoms with Crippen molar-refractivity contribution < 1.29 is 8.85 Å². The average Bonchev–Trinajstić information content (AvgIpc) is 2.54. The van der Waals surface area contributed by atoms with Crippen LogP contribution in [0.3, 0.4) is 0 Å². The van der Waals surface area contributed by atoms with Crippen molar-refractivity contribution in [2.45, 2.75) is 98.0 Å². The summed E-state index contributed by atoms with van der Waals surface area (Å²) in [6, 6.07) is 0. The molecule has 0 rings (SSSR count). The van der Waals surface area contributed by atoms with E-state index in [9.17, 15) is 0 Å². The van der Waals surface area contributed by atoms with Gasteiger partial charge in [-0.2, -0.15) is 0 Å². The molecular formula is C18H41NO2Si. The summed E-state index contributed by atoms with van der Waals surface area (Å²) < 4.78 is 11.4. The maximum Gasteiger partial charge on any atom is 0.405 e. The van der Waals surface area contributed by atoms with Crippen LogP contribution in [0.2, 0.25) is 0 Å². The Hall–Kier alpha value is 0.0969. The van der Waals surface area contributed by atoms with Crippen LogP contribution >= 0.6 is 0 Å². The van der Waals surface area contributed by atoms with Crippen LogP contribution in [0.5, 0.6) is 0 Å². The lowest BCUT2D eigenvalue weighted by molar-refractivity contribution is 0.0980. The third-order valence-electron chi connectivity index (χ3n) is 4.84. The molecule has 134 valence electrons. The lowest BCUT2D eigenvalue weighted by Crippen LogP contribution is -2.38. The van der Waals surface area contributed by atoms with Crippen molar-refractivity contribution in [1.82, 2.24) is 0 Å². The zero-order valence-electron chi connectivity index (χ0n) is 15.8. The maximum atomic E-state index is 6.12. The van der Waals surface area contributed by atoms with E-state index in [-0.39, 0.29) is 0 Å². The van der Waals surface area contributed by atoms with Crippen molar-refractivity contribution in [1.29, 1.82) is 0 Å². The summed E-state index contributed by atoms with van der Waals surface area (Å²) in [6.45, 7) is 9.15. The van der Waals surface area contributed by atoms with Crippen LogP contribution in [0.4, 0.5) is 0 Å². The molecule has 0 aromatic heterocycles. The number of rotatable bonds is 15. The molecule has 0 bridgehead atoms. The maximum absolute atomic E-state index is 6.12. The fourth-order valence-corrected chi connectivity index (χ4v) is 3.87. The second-order valence-electron chi connectivity index (χ2n) is 6.67. The molecule has 4 heteroatoms. The third-order valence-corrected chi connectivity index (χ3v) is 5.96. The van der Waals surface area contributed by atoms with E-state index in [0.29, 0.717) is 6.10 Å². The molecule has 3 atom stereocenters. The zero-order valence-corrected chi connectivity index (χ0v) is 16.9. The standard InChI is InChI=1S/C18H41NO2Si/c1-6-10-12-16(8-3)14-18(21-22(19)20-5)15-17(9-4)13-11-7-2/h16-18,22H,6-15,19H2,1-5H3. The van der Waals surface area contributed by atoms with E-state index in [2.05, 4.69) is 27.7 Å². The minimum atomic E-state index is -1.93. The van der Waals surface area contributed by atoms with Gasteiger partial charge in [0.05, 0.1) is 0 Å². The summed E-state index contributed by atoms with van der Waals surface area (Å²) in [4.78, 5) is 0. The molecule has 0 aliphatic carbocycles. The van der Waals surface area contributed by atoms with Gasteiger partial charge in [0.2, 0.25) is 0 Å². The molecule has 0 spiro atoms. The number of hydrogen-bond donors (Lipinski definition) is 1. The van der Waals surface area contributed by atoms with Crippen LogP contribution in [0.25, 0.3) is 0 Å². The smallest absolute Gasteiger partial charge is 0.389 e. The van der Waals surface area contributed by atoms with Crippen LogP contribution in [0, 0.1) is 11.8 Å². The second kappa shape index (κ2) is 14.7. The summed E-state index contributed by atoms with van der Waals surface area (Å²) in [7, 11) is -0.256. The van der Waals surface area contributed by atoms with E-state index < -0.39 is 9.45 Å². The van der Waals surface area contributed by atoms with E-state index >= 15 is 0 Å². The summed E-state index contributed by atoms with van der Waals surface area (Å²) in [5.41, 5.74) is 0. The predicted molar refractivity (Wildman–Crippen MR) is 99.1 cm³/mol. The molecular weight excluding hydrogens is 290 g/mol. The van der Waals surface area contributed by atoms with Gasteiger partial charge in [0.1, 0.15) is 0 Å². The first-order valence-corrected chi connectivity index (χ1v) is 11.2. The fraction of sp³-hybridized carbons (Fsp3) is 1.00. The van der Waals surface area contributed by atoms with Crippen LogP contribution in [-0.4, -0.2) is 22.7 Å². The van der Waals surface area contributed by atoms with Gasteiger partial charge in [-0.3, -0.25) is 0 Å². The van der Waals surface area contributed by atoms with Gasteiger partial charge < -0.3 is 14.3 Å². The number of hydrogen-bond acceptors (Lipinski definition) is 3. The third kappa shape index (κ3) is 10.8. The Labute approximate surface area is 141 Å². The van der Waals surface area contributed by atoms with Gasteiger partial charge in [0.25, 0.3) is 0 Å². The normalized spacial score (nSPS) is 17.2. The van der Waals surface area contributed by atoms with Gasteiger partial charge in [0, 0.05) is 13.2 Å². The lowest BCUT2D eigenvalue weighted by Gasteiger charge is -2.28. The van der Waals surface area contributed by atoms with Crippen LogP contribution in [0.1, 0.15) is 91.9 Å². The number of nitrogens with two attached hydrogens (primary N) is 1. The largest absolute Gasteiger partial charge is 0.405 e. The Morgan fingerprint density at radius 2 is 1.32 bits per heavy atom. The van der Waals surface area contributed by atoms with Crippen molar-refractivity contribution in [3.8, 4) is 0 Å². The van der Waals surface area contributed by atoms with Crippen LogP contribution in [-0.2, 0) is 8.85 Å². The van der Waals surface area contributed by atoms with Gasteiger partial charge in [-0.05, 0) is 24.7 Å². The molecule has 3 unspecified atom stereocenters. The topological polar surface area (TPSA) is 44.5 Å². The minimum Gasteiger partial charge on any atom is -0.389 e. The highest BCUT2D eigenvalue weighted by atomic mass is 28.3. The summed E-state index contributed by atoms with van der Waals surface area (Å²) >= 11 is 0. The van der Waals surface area contributed by atoms with E-state index in [1.165, 1.54) is 51.4 Å². The Balaban J connectivity index is 4.56. The molecule has 3 nitrogen and oxygen atoms in total. The molecule has 0 radical (unpaired) electrons. The monoisotopic (exact) mass is 331 g/mol. The Kier molecular flexibility index (Phi) is 14.7. The van der Waals surface area contributed by atoms with Crippen molar-refractivity contribution in [3.63, 3.8) is 0 Å². The molecule has 0 saturated carbocycles. The SMILES string of the molecule is CCCCC(CC)CC(CC(CC)CCCC)O[SiH](N)OC. The van der Waals surface area contributed by atoms with Crippen molar-refractivity contribution in [3.05, 3.63) is 0 Å². The van der Waals surface area contributed by atoms with E-state index in [1.54, 1.807) is 7.11 Å². The number of unbranched alkanes of at least 4 members (excludes halogenated alkanes) is 2. The van der Waals surface area contributed by atoms with Gasteiger partial charge >= 0.3 is 9.45 Å². The van der Waals surface area contributed by atoms with Crippen molar-refractivity contribution in [2.75, 3.05) is 7.11 Å². The van der Waals surface area contributed by atoms with Gasteiger partial charge in [-0.1, -0.05) is 79.1 Å². The summed E-state index contributed by atoms with van der Waals surface area (Å²) in [5.74, 6) is 1.54. The second-order valence-corrected chi connectivity index (χ2v) is 8.15. The van der Waals surface area contributed by atoms with Crippen LogP contribution in [0.15, 0.2) is 0 Å². The molecule has 22 heavy (non-hydrogen) atoms. The minimum absolute atomic E-state index is 0.297. The highest BCUT2D eigenvalue weighted by Crippen LogP contribution is 2.27. The van der Waals surface area contributed by atoms with E-state index in [1.807, 2.05) is 0 Å². The molecule has 0 aromatic rings. The van der Waals surface area contributed by atoms with E-state index in [4.69, 9.17) is 14.3 Å². The Morgan fingerprint density at radius 3 is 1.64 bits per heavy atom. The molecule has 0 fully saturated rings. The molecule has 2 N–H and O–H groups in total. The molecule has 0 aromatic carbocycles. The van der Waals surface area contributed by atoms with E-state index in [0.717, 1.165) is 24.7 Å².